The summed E-state index contributed by atoms with van der Waals surface area (Å²) in [6.07, 6.45) is 12.2. The summed E-state index contributed by atoms with van der Waals surface area (Å²) < 4.78 is 38.0. The molecule has 0 N–H and O–H groups in total. The highest BCUT2D eigenvalue weighted by Gasteiger charge is 2.34. The molecule has 33 heavy (non-hydrogen) atoms. The standard InChI is InChI=1S/C19H16F3N5O.C4H8.ClH/c1-18(8-4-3-5-9-26-18)17(28)27(2)16-10-14(24-12-25-16)13-6-7-15(23-11-13)19(20,21)22;1-2-4-3-1;/h3-12H,1-2H3;1-4H2;1H. The minimum Gasteiger partial charge on any atom is -0.297 e. The third-order valence-electron chi connectivity index (χ3n) is 5.16. The highest BCUT2D eigenvalue weighted by Crippen LogP contribution is 2.29. The number of rotatable bonds is 3. The van der Waals surface area contributed by atoms with Gasteiger partial charge in [-0.3, -0.25) is 19.7 Å². The van der Waals surface area contributed by atoms with Crippen molar-refractivity contribution >= 4 is 30.3 Å². The summed E-state index contributed by atoms with van der Waals surface area (Å²) in [5.74, 6) is -0.0316. The molecule has 3 heterocycles. The Bertz CT molecular complexity index is 1010. The summed E-state index contributed by atoms with van der Waals surface area (Å²) in [5.41, 5.74) is -1.37. The van der Waals surface area contributed by atoms with Crippen LogP contribution in [0.4, 0.5) is 19.0 Å². The lowest BCUT2D eigenvalue weighted by Gasteiger charge is -2.26. The molecule has 0 saturated heterocycles. The number of nitrogens with zero attached hydrogens (tertiary/aromatic N) is 5. The fourth-order valence-corrected chi connectivity index (χ4v) is 2.82. The van der Waals surface area contributed by atoms with Crippen LogP contribution in [-0.4, -0.2) is 39.7 Å². The first kappa shape index (κ1) is 26.2. The molecular weight excluding hydrogens is 455 g/mol. The molecule has 6 nitrogen and oxygen atoms in total. The van der Waals surface area contributed by atoms with Gasteiger partial charge in [-0.25, -0.2) is 9.97 Å². The molecule has 4 rings (SSSR count). The Labute approximate surface area is 196 Å². The molecule has 2 aromatic rings. The Morgan fingerprint density at radius 1 is 1.03 bits per heavy atom. The molecule has 1 saturated carbocycles. The van der Waals surface area contributed by atoms with Crippen molar-refractivity contribution in [2.45, 2.75) is 44.3 Å². The fraction of sp³-hybridized carbons (Fsp3) is 0.348. The van der Waals surface area contributed by atoms with Gasteiger partial charge >= 0.3 is 6.18 Å². The van der Waals surface area contributed by atoms with E-state index in [0.717, 1.165) is 12.3 Å². The van der Waals surface area contributed by atoms with E-state index in [2.05, 4.69) is 19.9 Å². The van der Waals surface area contributed by atoms with Gasteiger partial charge in [-0.05, 0) is 31.2 Å². The Balaban J connectivity index is 0.000000696. The number of hydrogen-bond acceptors (Lipinski definition) is 5. The average Bonchev–Trinajstić information content (AvgIpc) is 2.96. The number of allylic oxidation sites excluding steroid dienone is 3. The number of hydrogen-bond donors (Lipinski definition) is 0. The van der Waals surface area contributed by atoms with Crippen molar-refractivity contribution in [3.63, 3.8) is 0 Å². The number of amides is 1. The third kappa shape index (κ3) is 6.71. The van der Waals surface area contributed by atoms with Crippen LogP contribution in [0.5, 0.6) is 0 Å². The molecule has 1 amide bonds. The van der Waals surface area contributed by atoms with Crippen LogP contribution in [0.25, 0.3) is 11.3 Å². The molecule has 0 spiro atoms. The summed E-state index contributed by atoms with van der Waals surface area (Å²) in [6, 6.07) is 3.66. The first-order valence-electron chi connectivity index (χ1n) is 10.2. The molecule has 2 aromatic heterocycles. The van der Waals surface area contributed by atoms with Gasteiger partial charge in [0.2, 0.25) is 0 Å². The van der Waals surface area contributed by atoms with Crippen LogP contribution >= 0.6 is 12.4 Å². The summed E-state index contributed by atoms with van der Waals surface area (Å²) in [5, 5.41) is 0. The normalized spacial score (nSPS) is 18.8. The molecule has 0 aromatic carbocycles. The first-order valence-corrected chi connectivity index (χ1v) is 10.2. The second-order valence-corrected chi connectivity index (χ2v) is 7.64. The minimum atomic E-state index is -4.51. The number of anilines is 1. The molecular formula is C23H25ClF3N5O. The van der Waals surface area contributed by atoms with E-state index in [1.165, 1.54) is 49.0 Å². The zero-order chi connectivity index (χ0) is 23.2. The largest absolute Gasteiger partial charge is 0.433 e. The van der Waals surface area contributed by atoms with Gasteiger partial charge in [0.1, 0.15) is 17.8 Å². The lowest BCUT2D eigenvalue weighted by atomic mass is 10.0. The molecule has 1 aliphatic heterocycles. The molecule has 176 valence electrons. The summed E-state index contributed by atoms with van der Waals surface area (Å²) in [7, 11) is 1.55. The topological polar surface area (TPSA) is 71.3 Å². The monoisotopic (exact) mass is 479 g/mol. The Kier molecular flexibility index (Phi) is 8.87. The smallest absolute Gasteiger partial charge is 0.297 e. The van der Waals surface area contributed by atoms with Crippen molar-refractivity contribution < 1.29 is 18.0 Å². The molecule has 1 aliphatic carbocycles. The number of aromatic nitrogens is 3. The van der Waals surface area contributed by atoms with Gasteiger partial charge in [0.15, 0.2) is 5.54 Å². The van der Waals surface area contributed by atoms with E-state index < -0.39 is 17.4 Å². The zero-order valence-electron chi connectivity index (χ0n) is 18.3. The summed E-state index contributed by atoms with van der Waals surface area (Å²) >= 11 is 0. The average molecular weight is 480 g/mol. The maximum Gasteiger partial charge on any atom is 0.433 e. The fourth-order valence-electron chi connectivity index (χ4n) is 2.82. The predicted molar refractivity (Wildman–Crippen MR) is 125 cm³/mol. The number of halogens is 4. The van der Waals surface area contributed by atoms with Gasteiger partial charge < -0.3 is 0 Å². The molecule has 2 aliphatic rings. The quantitative estimate of drug-likeness (QED) is 0.586. The van der Waals surface area contributed by atoms with Crippen LogP contribution in [0.15, 0.2) is 60.0 Å². The van der Waals surface area contributed by atoms with Crippen molar-refractivity contribution in [1.29, 1.82) is 0 Å². The number of aliphatic imine (C=N–C) groups is 1. The third-order valence-corrected chi connectivity index (χ3v) is 5.16. The van der Waals surface area contributed by atoms with Crippen LogP contribution in [0.1, 0.15) is 38.3 Å². The van der Waals surface area contributed by atoms with Crippen LogP contribution < -0.4 is 4.90 Å². The Morgan fingerprint density at radius 3 is 2.30 bits per heavy atom. The highest BCUT2D eigenvalue weighted by molar-refractivity contribution is 6.02. The van der Waals surface area contributed by atoms with E-state index in [4.69, 9.17) is 0 Å². The maximum absolute atomic E-state index is 12.9. The Hall–Kier alpha value is -3.07. The van der Waals surface area contributed by atoms with Crippen molar-refractivity contribution in [3.05, 3.63) is 60.7 Å². The van der Waals surface area contributed by atoms with Crippen molar-refractivity contribution in [3.8, 4) is 11.3 Å². The highest BCUT2D eigenvalue weighted by atomic mass is 35.5. The van der Waals surface area contributed by atoms with Gasteiger partial charge in [0.25, 0.3) is 5.91 Å². The maximum atomic E-state index is 12.9. The number of carbonyl (C=O) groups excluding carboxylic acids is 1. The Morgan fingerprint density at radius 2 is 1.73 bits per heavy atom. The molecule has 1 fully saturated rings. The SMILES string of the molecule is C1CCC1.CN(C(=O)C1(C)C=CC=CC=N1)c1cc(-c2ccc(C(F)(F)F)nc2)ncn1.Cl. The van der Waals surface area contributed by atoms with Crippen LogP contribution in [0, 0.1) is 0 Å². The van der Waals surface area contributed by atoms with Crippen molar-refractivity contribution in [1.82, 2.24) is 15.0 Å². The van der Waals surface area contributed by atoms with Gasteiger partial charge in [0.05, 0.1) is 5.69 Å². The number of carbonyl (C=O) groups is 1. The van der Waals surface area contributed by atoms with E-state index in [1.807, 2.05) is 0 Å². The van der Waals surface area contributed by atoms with Crippen LogP contribution in [-0.2, 0) is 11.0 Å². The minimum absolute atomic E-state index is 0. The van der Waals surface area contributed by atoms with Crippen LogP contribution in [0.2, 0.25) is 0 Å². The molecule has 10 heteroatoms. The van der Waals surface area contributed by atoms with Crippen molar-refractivity contribution in [2.24, 2.45) is 4.99 Å². The molecule has 0 radical (unpaired) electrons. The van der Waals surface area contributed by atoms with E-state index in [9.17, 15) is 18.0 Å². The van der Waals surface area contributed by atoms with E-state index in [1.54, 1.807) is 44.5 Å². The second-order valence-electron chi connectivity index (χ2n) is 7.64. The van der Waals surface area contributed by atoms with E-state index >= 15 is 0 Å². The van der Waals surface area contributed by atoms with E-state index in [-0.39, 0.29) is 24.1 Å². The van der Waals surface area contributed by atoms with Gasteiger partial charge in [-0.2, -0.15) is 13.2 Å². The predicted octanol–water partition coefficient (Wildman–Crippen LogP) is 5.46. The summed E-state index contributed by atoms with van der Waals surface area (Å²) in [6.45, 7) is 1.67. The lowest BCUT2D eigenvalue weighted by Crippen LogP contribution is -2.43. The van der Waals surface area contributed by atoms with Gasteiger partial charge in [-0.1, -0.05) is 37.8 Å². The molecule has 1 unspecified atom stereocenters. The molecule has 0 bridgehead atoms. The number of likely N-dealkylation sites (N-methyl/N-ethyl adjacent to an activating group) is 1. The second kappa shape index (κ2) is 11.2. The van der Waals surface area contributed by atoms with Crippen molar-refractivity contribution in [2.75, 3.05) is 11.9 Å². The van der Waals surface area contributed by atoms with E-state index in [0.29, 0.717) is 11.3 Å². The van der Waals surface area contributed by atoms with Gasteiger partial charge in [0, 0.05) is 31.1 Å². The summed E-state index contributed by atoms with van der Waals surface area (Å²) in [4.78, 5) is 30.1. The molecule has 1 atom stereocenters. The first-order chi connectivity index (χ1) is 15.2. The zero-order valence-corrected chi connectivity index (χ0v) is 19.1. The number of pyridine rings is 1. The van der Waals surface area contributed by atoms with Crippen LogP contribution in [0.3, 0.4) is 0 Å². The lowest BCUT2D eigenvalue weighted by molar-refractivity contribution is -0.141. The van der Waals surface area contributed by atoms with Gasteiger partial charge in [-0.15, -0.1) is 12.4 Å². The number of alkyl halides is 3.